The van der Waals surface area contributed by atoms with E-state index >= 15 is 0 Å². The number of rotatable bonds is 11. The van der Waals surface area contributed by atoms with E-state index in [9.17, 15) is 36.6 Å². The summed E-state index contributed by atoms with van der Waals surface area (Å²) in [6, 6.07) is -0.114. The second-order valence-electron chi connectivity index (χ2n) is 8.03. The molecular formula is C21H28F5N5O4. The topological polar surface area (TPSA) is 150 Å². The van der Waals surface area contributed by atoms with Crippen molar-refractivity contribution in [3.63, 3.8) is 0 Å². The van der Waals surface area contributed by atoms with Gasteiger partial charge in [-0.3, -0.25) is 4.79 Å². The molecule has 2 atom stereocenters. The van der Waals surface area contributed by atoms with Crippen molar-refractivity contribution < 1.29 is 41.4 Å². The molecule has 0 unspecified atom stereocenters. The maximum atomic E-state index is 14.2. The molecule has 0 saturated carbocycles. The van der Waals surface area contributed by atoms with Crippen LogP contribution in [0.15, 0.2) is 18.2 Å². The number of alkyl carbamates (subject to hydrolysis) is 1. The van der Waals surface area contributed by atoms with E-state index in [1.54, 1.807) is 0 Å². The van der Waals surface area contributed by atoms with Gasteiger partial charge < -0.3 is 36.9 Å². The van der Waals surface area contributed by atoms with E-state index < -0.39 is 53.9 Å². The number of hydrogen-bond donors (Lipinski definition) is 6. The molecule has 1 aromatic carbocycles. The monoisotopic (exact) mass is 509 g/mol. The van der Waals surface area contributed by atoms with E-state index in [4.69, 9.17) is 11.1 Å². The third-order valence-corrected chi connectivity index (χ3v) is 5.09. The Labute approximate surface area is 198 Å². The fraction of sp³-hybridized carbons (Fsp3) is 0.476. The zero-order chi connectivity index (χ0) is 27.0. The van der Waals surface area contributed by atoms with Crippen LogP contribution in [-0.4, -0.2) is 61.8 Å². The number of ether oxygens (including phenoxy) is 1. The Morgan fingerprint density at radius 3 is 2.26 bits per heavy atom. The van der Waals surface area contributed by atoms with Gasteiger partial charge in [0.15, 0.2) is 0 Å². The molecule has 0 radical (unpaired) electrons. The fourth-order valence-corrected chi connectivity index (χ4v) is 2.80. The summed E-state index contributed by atoms with van der Waals surface area (Å²) in [5, 5.41) is 23.5. The average Bonchev–Trinajstić information content (AvgIpc) is 2.76. The number of nitrogens with two attached hydrogens (primary N) is 1. The molecule has 0 saturated heterocycles. The number of amides is 2. The van der Waals surface area contributed by atoms with Crippen LogP contribution in [0.2, 0.25) is 0 Å². The minimum absolute atomic E-state index is 0.0165. The number of methoxy groups -OCH3 is 1. The van der Waals surface area contributed by atoms with E-state index in [0.29, 0.717) is 13.8 Å². The van der Waals surface area contributed by atoms with Gasteiger partial charge in [0, 0.05) is 42.7 Å². The average molecular weight is 509 g/mol. The van der Waals surface area contributed by atoms with Crippen molar-refractivity contribution in [1.29, 1.82) is 5.41 Å². The van der Waals surface area contributed by atoms with Gasteiger partial charge in [-0.2, -0.15) is 13.2 Å². The Kier molecular flexibility index (Phi) is 10.6. The molecule has 0 bridgehead atoms. The maximum Gasteiger partial charge on any atom is 0.407 e. The van der Waals surface area contributed by atoms with E-state index in [2.05, 4.69) is 15.4 Å². The van der Waals surface area contributed by atoms with Gasteiger partial charge >= 0.3 is 12.3 Å². The highest BCUT2D eigenvalue weighted by atomic mass is 19.4. The number of aliphatic hydroxyl groups is 1. The predicted octanol–water partition coefficient (Wildman–Crippen LogP) is 1.79. The number of halogens is 5. The molecule has 9 nitrogen and oxygen atoms in total. The van der Waals surface area contributed by atoms with Crippen LogP contribution in [0.25, 0.3) is 5.70 Å². The molecule has 2 amide bonds. The van der Waals surface area contributed by atoms with Crippen LogP contribution in [0.4, 0.5) is 26.7 Å². The predicted molar refractivity (Wildman–Crippen MR) is 117 cm³/mol. The first-order valence-electron chi connectivity index (χ1n) is 10.2. The Hall–Kier alpha value is -3.26. The normalized spacial score (nSPS) is 14.1. The molecule has 0 aliphatic heterocycles. The number of hydrogen-bond acceptors (Lipinski definition) is 7. The van der Waals surface area contributed by atoms with Gasteiger partial charge in [-0.1, -0.05) is 0 Å². The van der Waals surface area contributed by atoms with Crippen molar-refractivity contribution in [2.75, 3.05) is 20.2 Å². The Bertz CT molecular complexity index is 930. The second kappa shape index (κ2) is 12.4. The Morgan fingerprint density at radius 2 is 1.77 bits per heavy atom. The summed E-state index contributed by atoms with van der Waals surface area (Å²) in [6.45, 7) is 0.273. The number of carbonyl (C=O) groups excluding carboxylic acids is 2. The van der Waals surface area contributed by atoms with Crippen molar-refractivity contribution in [1.82, 2.24) is 16.0 Å². The summed E-state index contributed by atoms with van der Waals surface area (Å²) in [5.41, 5.74) is 2.58. The lowest BCUT2D eigenvalue weighted by molar-refractivity contribution is -0.220. The van der Waals surface area contributed by atoms with Crippen molar-refractivity contribution >= 4 is 23.9 Å². The van der Waals surface area contributed by atoms with Gasteiger partial charge in [-0.25, -0.2) is 13.6 Å². The van der Waals surface area contributed by atoms with Crippen LogP contribution in [0.5, 0.6) is 0 Å². The molecule has 0 aliphatic carbocycles. The third-order valence-electron chi connectivity index (χ3n) is 5.09. The van der Waals surface area contributed by atoms with E-state index in [-0.39, 0.29) is 29.9 Å². The lowest BCUT2D eigenvalue weighted by Crippen LogP contribution is -2.60. The SMILES string of the molecule is COC(=O)N[C@H](C(=O)NC[C@@H](O)CNCc1c(F)cc(C(N)=CC=N)cc1F)C(C)(C)C(F)(F)F. The zero-order valence-corrected chi connectivity index (χ0v) is 19.2. The number of nitrogens with one attached hydrogen (secondary N) is 4. The number of alkyl halides is 3. The van der Waals surface area contributed by atoms with Gasteiger partial charge in [-0.05, 0) is 32.1 Å². The summed E-state index contributed by atoms with van der Waals surface area (Å²) in [5.74, 6) is -3.08. The van der Waals surface area contributed by atoms with Crippen molar-refractivity contribution in [3.05, 3.63) is 41.0 Å². The summed E-state index contributed by atoms with van der Waals surface area (Å²) in [4.78, 5) is 23.8. The molecule has 0 aliphatic rings. The molecule has 0 spiro atoms. The second-order valence-corrected chi connectivity index (χ2v) is 8.03. The molecule has 0 heterocycles. The van der Waals surface area contributed by atoms with Gasteiger partial charge in [0.1, 0.15) is 17.7 Å². The molecule has 35 heavy (non-hydrogen) atoms. The van der Waals surface area contributed by atoms with Gasteiger partial charge in [0.2, 0.25) is 5.91 Å². The minimum Gasteiger partial charge on any atom is -0.453 e. The lowest BCUT2D eigenvalue weighted by atomic mass is 9.83. The summed E-state index contributed by atoms with van der Waals surface area (Å²) in [7, 11) is 0.918. The van der Waals surface area contributed by atoms with E-state index in [0.717, 1.165) is 31.5 Å². The summed E-state index contributed by atoms with van der Waals surface area (Å²) < 4.78 is 72.9. The van der Waals surface area contributed by atoms with Crippen LogP contribution in [-0.2, 0) is 16.1 Å². The molecule has 14 heteroatoms. The standard InChI is InChI=1S/C21H28F5N5O4/c1-20(2,21(24,25)26)17(31-19(34)35-3)18(33)30-9-12(32)8-29-10-13-14(22)6-11(7-15(13)23)16(28)4-5-27/h4-7,12,17,27,29,32H,8-10,28H2,1-3H3,(H,30,33)(H,31,34)/t12-,17+/m0/s1. The number of benzene rings is 1. The number of aliphatic hydroxyl groups excluding tert-OH is 1. The summed E-state index contributed by atoms with van der Waals surface area (Å²) in [6.07, 6.45) is -5.45. The molecule has 1 aromatic rings. The van der Waals surface area contributed by atoms with Gasteiger partial charge in [-0.15, -0.1) is 0 Å². The molecular weight excluding hydrogens is 481 g/mol. The van der Waals surface area contributed by atoms with Gasteiger partial charge in [0.05, 0.1) is 18.6 Å². The van der Waals surface area contributed by atoms with Crippen LogP contribution in [0.3, 0.4) is 0 Å². The number of carbonyl (C=O) groups is 2. The molecule has 7 N–H and O–H groups in total. The summed E-state index contributed by atoms with van der Waals surface area (Å²) >= 11 is 0. The van der Waals surface area contributed by atoms with E-state index in [1.807, 2.05) is 5.32 Å². The van der Waals surface area contributed by atoms with Crippen molar-refractivity contribution in [2.45, 2.75) is 38.7 Å². The largest absolute Gasteiger partial charge is 0.453 e. The van der Waals surface area contributed by atoms with Gasteiger partial charge in [0.25, 0.3) is 0 Å². The van der Waals surface area contributed by atoms with Crippen LogP contribution in [0.1, 0.15) is 25.0 Å². The molecule has 196 valence electrons. The van der Waals surface area contributed by atoms with Crippen LogP contribution in [0, 0.1) is 22.5 Å². The Morgan fingerprint density at radius 1 is 1.20 bits per heavy atom. The quantitative estimate of drug-likeness (QED) is 0.198. The van der Waals surface area contributed by atoms with Crippen molar-refractivity contribution in [3.8, 4) is 0 Å². The first-order valence-corrected chi connectivity index (χ1v) is 10.2. The zero-order valence-electron chi connectivity index (χ0n) is 19.2. The smallest absolute Gasteiger partial charge is 0.407 e. The third kappa shape index (κ3) is 8.17. The maximum absolute atomic E-state index is 14.2. The first kappa shape index (κ1) is 29.8. The minimum atomic E-state index is -4.86. The van der Waals surface area contributed by atoms with E-state index in [1.165, 1.54) is 0 Å². The highest BCUT2D eigenvalue weighted by molar-refractivity contribution is 5.86. The molecule has 0 fully saturated rings. The fourth-order valence-electron chi connectivity index (χ4n) is 2.80. The highest BCUT2D eigenvalue weighted by Gasteiger charge is 2.55. The lowest BCUT2D eigenvalue weighted by Gasteiger charge is -2.35. The van der Waals surface area contributed by atoms with Crippen LogP contribution < -0.4 is 21.7 Å². The van der Waals surface area contributed by atoms with Crippen molar-refractivity contribution in [2.24, 2.45) is 11.1 Å². The first-order chi connectivity index (χ1) is 16.1. The number of allylic oxidation sites excluding steroid dienone is 1. The molecule has 0 aromatic heterocycles. The van der Waals surface area contributed by atoms with Crippen LogP contribution >= 0.6 is 0 Å². The highest BCUT2D eigenvalue weighted by Crippen LogP contribution is 2.40. The molecule has 1 rings (SSSR count). The Balaban J connectivity index is 2.74.